The molecule has 0 aliphatic heterocycles. The van der Waals surface area contributed by atoms with Crippen LogP contribution in [0, 0.1) is 13.8 Å². The number of amides is 1. The number of hydrogen-bond donors (Lipinski definition) is 1. The average Bonchev–Trinajstić information content (AvgIpc) is 3.27. The predicted molar refractivity (Wildman–Crippen MR) is 128 cm³/mol. The van der Waals surface area contributed by atoms with Gasteiger partial charge in [-0.05, 0) is 65.7 Å². The smallest absolute Gasteiger partial charge is 0.279 e. The quantitative estimate of drug-likeness (QED) is 0.327. The summed E-state index contributed by atoms with van der Waals surface area (Å²) in [6, 6.07) is 13.0. The molecular formula is C21H16BrCl2N5OS. The second-order valence-corrected chi connectivity index (χ2v) is 9.60. The second kappa shape index (κ2) is 9.08. The lowest BCUT2D eigenvalue weighted by molar-refractivity contribution is 0.102. The number of anilines is 1. The van der Waals surface area contributed by atoms with Crippen LogP contribution in [0.25, 0.3) is 5.69 Å². The van der Waals surface area contributed by atoms with Crippen LogP contribution >= 0.6 is 50.5 Å². The number of rotatable bonds is 5. The number of aryl methyl sites for hydroxylation is 1. The van der Waals surface area contributed by atoms with Crippen molar-refractivity contribution in [2.45, 2.75) is 20.3 Å². The highest BCUT2D eigenvalue weighted by atomic mass is 79.9. The standard InChI is InChI=1S/C21H16BrCl2N5OS/c1-11-18(9-13-6-7-16(22)17(24)8-13)31-21(25-11)26-20(30)19-12(2)29(28-27-19)15-5-3-4-14(23)10-15/h3-8,10H,9H2,1-2H3,(H,25,26,30). The van der Waals surface area contributed by atoms with Crippen molar-refractivity contribution in [2.75, 3.05) is 5.32 Å². The molecule has 6 nitrogen and oxygen atoms in total. The maximum absolute atomic E-state index is 12.8. The highest BCUT2D eigenvalue weighted by Crippen LogP contribution is 2.29. The predicted octanol–water partition coefficient (Wildman–Crippen LogP) is 6.25. The lowest BCUT2D eigenvalue weighted by Gasteiger charge is -2.04. The minimum absolute atomic E-state index is 0.231. The van der Waals surface area contributed by atoms with Crippen LogP contribution < -0.4 is 5.32 Å². The van der Waals surface area contributed by atoms with Gasteiger partial charge in [0.05, 0.1) is 22.1 Å². The first-order chi connectivity index (χ1) is 14.8. The molecule has 0 saturated heterocycles. The Balaban J connectivity index is 1.52. The average molecular weight is 537 g/mol. The molecule has 31 heavy (non-hydrogen) atoms. The van der Waals surface area contributed by atoms with Crippen LogP contribution in [0.3, 0.4) is 0 Å². The van der Waals surface area contributed by atoms with Crippen molar-refractivity contribution in [1.82, 2.24) is 20.0 Å². The molecule has 1 amide bonds. The van der Waals surface area contributed by atoms with E-state index >= 15 is 0 Å². The Hall–Kier alpha value is -2.26. The summed E-state index contributed by atoms with van der Waals surface area (Å²) in [6.45, 7) is 3.70. The molecule has 0 aliphatic rings. The molecule has 158 valence electrons. The Morgan fingerprint density at radius 3 is 2.74 bits per heavy atom. The summed E-state index contributed by atoms with van der Waals surface area (Å²) in [5.41, 5.74) is 3.50. The van der Waals surface area contributed by atoms with E-state index in [1.807, 2.05) is 37.3 Å². The Morgan fingerprint density at radius 1 is 1.19 bits per heavy atom. The first-order valence-electron chi connectivity index (χ1n) is 9.21. The van der Waals surface area contributed by atoms with Gasteiger partial charge in [0, 0.05) is 20.8 Å². The molecule has 0 unspecified atom stereocenters. The van der Waals surface area contributed by atoms with E-state index in [0.717, 1.165) is 26.3 Å². The minimum Gasteiger partial charge on any atom is -0.296 e. The summed E-state index contributed by atoms with van der Waals surface area (Å²) in [6.07, 6.45) is 0.677. The zero-order valence-corrected chi connectivity index (χ0v) is 20.4. The minimum atomic E-state index is -0.363. The summed E-state index contributed by atoms with van der Waals surface area (Å²) in [5.74, 6) is -0.363. The van der Waals surface area contributed by atoms with Gasteiger partial charge < -0.3 is 0 Å². The van der Waals surface area contributed by atoms with Crippen molar-refractivity contribution in [3.8, 4) is 5.69 Å². The van der Waals surface area contributed by atoms with Gasteiger partial charge in [-0.1, -0.05) is 40.5 Å². The van der Waals surface area contributed by atoms with E-state index in [9.17, 15) is 4.79 Å². The van der Waals surface area contributed by atoms with Crippen molar-refractivity contribution in [2.24, 2.45) is 0 Å². The molecule has 0 atom stereocenters. The molecule has 4 aromatic rings. The lowest BCUT2D eigenvalue weighted by Crippen LogP contribution is -2.14. The number of halogens is 3. The van der Waals surface area contributed by atoms with E-state index in [1.54, 1.807) is 23.7 Å². The van der Waals surface area contributed by atoms with E-state index in [0.29, 0.717) is 27.3 Å². The van der Waals surface area contributed by atoms with E-state index in [2.05, 4.69) is 36.5 Å². The van der Waals surface area contributed by atoms with Crippen LogP contribution in [0.15, 0.2) is 46.9 Å². The highest BCUT2D eigenvalue weighted by Gasteiger charge is 2.19. The van der Waals surface area contributed by atoms with Gasteiger partial charge in [-0.15, -0.1) is 16.4 Å². The third-order valence-electron chi connectivity index (χ3n) is 4.62. The van der Waals surface area contributed by atoms with Gasteiger partial charge in [0.1, 0.15) is 0 Å². The molecular weight excluding hydrogens is 521 g/mol. The summed E-state index contributed by atoms with van der Waals surface area (Å²) in [7, 11) is 0. The molecule has 0 spiro atoms. The van der Waals surface area contributed by atoms with E-state index < -0.39 is 0 Å². The topological polar surface area (TPSA) is 72.7 Å². The molecule has 2 heterocycles. The normalized spacial score (nSPS) is 11.0. The Morgan fingerprint density at radius 2 is 2.00 bits per heavy atom. The van der Waals surface area contributed by atoms with Crippen LogP contribution in [0.2, 0.25) is 10.0 Å². The SMILES string of the molecule is Cc1nc(NC(=O)c2nnn(-c3cccc(Cl)c3)c2C)sc1Cc1ccc(Br)c(Cl)c1. The maximum atomic E-state index is 12.8. The Bertz CT molecular complexity index is 1290. The van der Waals surface area contributed by atoms with Gasteiger partial charge in [-0.25, -0.2) is 9.67 Å². The number of carbonyl (C=O) groups excluding carboxylic acids is 1. The molecule has 2 aromatic carbocycles. The monoisotopic (exact) mass is 535 g/mol. The number of nitrogens with one attached hydrogen (secondary N) is 1. The van der Waals surface area contributed by atoms with Crippen LogP contribution in [-0.2, 0) is 6.42 Å². The summed E-state index contributed by atoms with van der Waals surface area (Å²) in [4.78, 5) is 18.3. The van der Waals surface area contributed by atoms with Crippen molar-refractivity contribution >= 4 is 61.5 Å². The largest absolute Gasteiger partial charge is 0.296 e. The molecule has 0 radical (unpaired) electrons. The van der Waals surface area contributed by atoms with Crippen LogP contribution in [0.1, 0.15) is 32.3 Å². The fourth-order valence-corrected chi connectivity index (χ4v) is 4.66. The van der Waals surface area contributed by atoms with Crippen LogP contribution in [-0.4, -0.2) is 25.9 Å². The molecule has 1 N–H and O–H groups in total. The van der Waals surface area contributed by atoms with Gasteiger partial charge in [-0.3, -0.25) is 10.1 Å². The first-order valence-corrected chi connectivity index (χ1v) is 11.6. The number of benzene rings is 2. The van der Waals surface area contributed by atoms with E-state index in [4.69, 9.17) is 23.2 Å². The van der Waals surface area contributed by atoms with Crippen molar-refractivity contribution in [3.63, 3.8) is 0 Å². The van der Waals surface area contributed by atoms with Gasteiger partial charge in [0.25, 0.3) is 5.91 Å². The molecule has 0 aliphatic carbocycles. The van der Waals surface area contributed by atoms with E-state index in [-0.39, 0.29) is 11.6 Å². The summed E-state index contributed by atoms with van der Waals surface area (Å²) < 4.78 is 2.43. The van der Waals surface area contributed by atoms with Gasteiger partial charge in [-0.2, -0.15) is 0 Å². The molecule has 10 heteroatoms. The van der Waals surface area contributed by atoms with Gasteiger partial charge >= 0.3 is 0 Å². The highest BCUT2D eigenvalue weighted by molar-refractivity contribution is 9.10. The number of thiazole rings is 1. The number of carbonyl (C=O) groups is 1. The summed E-state index contributed by atoms with van der Waals surface area (Å²) in [5, 5.41) is 12.7. The van der Waals surface area contributed by atoms with E-state index in [1.165, 1.54) is 11.3 Å². The molecule has 4 rings (SSSR count). The molecule has 2 aromatic heterocycles. The number of nitrogens with zero attached hydrogens (tertiary/aromatic N) is 4. The number of aromatic nitrogens is 4. The van der Waals surface area contributed by atoms with Gasteiger partial charge in [0.2, 0.25) is 0 Å². The van der Waals surface area contributed by atoms with Crippen LogP contribution in [0.4, 0.5) is 5.13 Å². The first kappa shape index (κ1) is 22.0. The van der Waals surface area contributed by atoms with Crippen molar-refractivity contribution < 1.29 is 4.79 Å². The van der Waals surface area contributed by atoms with Crippen LogP contribution in [0.5, 0.6) is 0 Å². The third kappa shape index (κ3) is 4.82. The Labute approximate surface area is 201 Å². The number of hydrogen-bond acceptors (Lipinski definition) is 5. The molecule has 0 saturated carbocycles. The molecule has 0 fully saturated rings. The van der Waals surface area contributed by atoms with Gasteiger partial charge in [0.15, 0.2) is 10.8 Å². The fourth-order valence-electron chi connectivity index (χ4n) is 3.03. The zero-order chi connectivity index (χ0) is 22.1. The van der Waals surface area contributed by atoms with Crippen molar-refractivity contribution in [3.05, 3.63) is 84.5 Å². The second-order valence-electron chi connectivity index (χ2n) is 6.82. The van der Waals surface area contributed by atoms with Crippen molar-refractivity contribution in [1.29, 1.82) is 0 Å². The Kier molecular flexibility index (Phi) is 6.43. The fraction of sp³-hybridized carbons (Fsp3) is 0.143. The maximum Gasteiger partial charge on any atom is 0.279 e. The zero-order valence-electron chi connectivity index (χ0n) is 16.5. The molecule has 0 bridgehead atoms. The summed E-state index contributed by atoms with van der Waals surface area (Å²) >= 11 is 17.1. The lowest BCUT2D eigenvalue weighted by atomic mass is 10.1. The third-order valence-corrected chi connectivity index (χ3v) is 7.16.